The number of likely N-dealkylation sites (tertiary alicyclic amines) is 1. The summed E-state index contributed by atoms with van der Waals surface area (Å²) in [7, 11) is 0. The summed E-state index contributed by atoms with van der Waals surface area (Å²) >= 11 is 5.55. The summed E-state index contributed by atoms with van der Waals surface area (Å²) in [5.74, 6) is -0.999. The van der Waals surface area contributed by atoms with Crippen molar-refractivity contribution >= 4 is 63.6 Å². The van der Waals surface area contributed by atoms with Crippen LogP contribution in [0.3, 0.4) is 0 Å². The lowest BCUT2D eigenvalue weighted by molar-refractivity contribution is -0.121. The van der Waals surface area contributed by atoms with E-state index < -0.39 is 5.97 Å². The largest absolute Gasteiger partial charge is 0.508 e. The highest BCUT2D eigenvalue weighted by Crippen LogP contribution is 2.42. The number of thiocarbonyl (C=S) groups is 1. The lowest BCUT2D eigenvalue weighted by atomic mass is 9.90. The molecule has 1 fully saturated rings. The molecule has 0 saturated carbocycles. The lowest BCUT2D eigenvalue weighted by Gasteiger charge is -2.32. The zero-order valence-electron chi connectivity index (χ0n) is 35.4. The first-order valence-electron chi connectivity index (χ1n) is 21.6. The fraction of sp³-hybridized carbons (Fsp3) is 0.292. The van der Waals surface area contributed by atoms with Crippen molar-refractivity contribution in [1.82, 2.24) is 30.8 Å². The second-order valence-electron chi connectivity index (χ2n) is 16.3. The summed E-state index contributed by atoms with van der Waals surface area (Å²) in [4.78, 5) is 73.8. The van der Waals surface area contributed by atoms with E-state index in [2.05, 4.69) is 48.7 Å². The Morgan fingerprint density at radius 1 is 0.831 bits per heavy atom. The third-order valence-electron chi connectivity index (χ3n) is 11.8. The third-order valence-corrected chi connectivity index (χ3v) is 12.1. The first-order valence-corrected chi connectivity index (χ1v) is 22.0. The van der Waals surface area contributed by atoms with Crippen LogP contribution in [0, 0.1) is 5.92 Å². The van der Waals surface area contributed by atoms with Crippen molar-refractivity contribution in [1.29, 1.82) is 0 Å². The molecule has 4 amide bonds. The minimum Gasteiger partial charge on any atom is -0.508 e. The maximum Gasteiger partial charge on any atom is 0.336 e. The zero-order chi connectivity index (χ0) is 45.5. The van der Waals surface area contributed by atoms with Crippen LogP contribution in [-0.2, 0) is 17.6 Å². The normalized spacial score (nSPS) is 13.9. The van der Waals surface area contributed by atoms with Crippen molar-refractivity contribution < 1.29 is 33.8 Å². The molecule has 65 heavy (non-hydrogen) atoms. The molecular weight excluding hydrogens is 849 g/mol. The molecule has 334 valence electrons. The number of urea groups is 1. The molecule has 0 bridgehead atoms. The number of aromatic hydroxyl groups is 1. The number of amides is 4. The Hall–Kier alpha value is -7.40. The second-order valence-corrected chi connectivity index (χ2v) is 16.7. The van der Waals surface area contributed by atoms with Crippen LogP contribution in [0.4, 0.5) is 16.3 Å². The van der Waals surface area contributed by atoms with Crippen LogP contribution < -0.4 is 32.0 Å². The van der Waals surface area contributed by atoms with Gasteiger partial charge in [-0.2, -0.15) is 0 Å². The highest BCUT2D eigenvalue weighted by atomic mass is 32.1. The van der Waals surface area contributed by atoms with Crippen molar-refractivity contribution in [2.75, 3.05) is 36.8 Å². The van der Waals surface area contributed by atoms with E-state index >= 15 is 0 Å². The van der Waals surface area contributed by atoms with Gasteiger partial charge in [0.05, 0.1) is 5.56 Å². The monoisotopic (exact) mass is 896 g/mol. The number of benzene rings is 4. The van der Waals surface area contributed by atoms with Crippen molar-refractivity contribution in [2.24, 2.45) is 5.92 Å². The average molecular weight is 897 g/mol. The van der Waals surface area contributed by atoms with E-state index in [4.69, 9.17) is 16.6 Å². The molecule has 0 radical (unpaired) electrons. The van der Waals surface area contributed by atoms with Gasteiger partial charge in [0.1, 0.15) is 17.1 Å². The third kappa shape index (κ3) is 10.7. The van der Waals surface area contributed by atoms with Crippen LogP contribution in [0.5, 0.6) is 5.75 Å². The van der Waals surface area contributed by atoms with Crippen molar-refractivity contribution in [2.45, 2.75) is 57.4 Å². The number of nitrogens with one attached hydrogen (secondary N) is 5. The maximum absolute atomic E-state index is 13.2. The van der Waals surface area contributed by atoms with E-state index in [1.54, 1.807) is 29.2 Å². The van der Waals surface area contributed by atoms with Crippen LogP contribution in [0.2, 0.25) is 0 Å². The van der Waals surface area contributed by atoms with Crippen molar-refractivity contribution in [3.05, 3.63) is 124 Å². The molecular formula is C48H48N8O8S. The van der Waals surface area contributed by atoms with E-state index in [1.807, 2.05) is 12.1 Å². The molecule has 7 N–H and O–H groups in total. The number of rotatable bonds is 14. The summed E-state index contributed by atoms with van der Waals surface area (Å²) in [5.41, 5.74) is 4.50. The predicted molar refractivity (Wildman–Crippen MR) is 249 cm³/mol. The molecule has 17 heteroatoms. The van der Waals surface area contributed by atoms with Gasteiger partial charge in [-0.05, 0) is 116 Å². The maximum atomic E-state index is 13.2. The Morgan fingerprint density at radius 2 is 1.60 bits per heavy atom. The molecule has 1 aromatic heterocycles. The van der Waals surface area contributed by atoms with E-state index in [9.17, 15) is 34.2 Å². The molecule has 0 unspecified atom stereocenters. The molecule has 0 spiro atoms. The summed E-state index contributed by atoms with van der Waals surface area (Å²) in [6, 6.07) is 21.3. The minimum atomic E-state index is -1.14. The zero-order valence-corrected chi connectivity index (χ0v) is 36.2. The van der Waals surface area contributed by atoms with Crippen LogP contribution in [-0.4, -0.2) is 86.2 Å². The number of hydrogen-bond acceptors (Lipinski definition) is 10. The van der Waals surface area contributed by atoms with Gasteiger partial charge in [-0.3, -0.25) is 19.7 Å². The summed E-state index contributed by atoms with van der Waals surface area (Å²) < 4.78 is 5.94. The van der Waals surface area contributed by atoms with Gasteiger partial charge in [-0.1, -0.05) is 30.7 Å². The number of phenols is 1. The number of aromatic nitrogens is 2. The highest BCUT2D eigenvalue weighted by molar-refractivity contribution is 7.80. The number of carboxylic acid groups (broad SMARTS) is 1. The SMILES string of the molecule is O=C(CCCCCNC(=S)Nc1ccc(C(=O)O)c(-c2c3ccc(=O)cc-3oc3cc(O)ccc23)c1)NCC1CCN(C(=O)Nc2nccnc2C(=O)NC2Cc3ccccc3C2)CC1. The fourth-order valence-corrected chi connectivity index (χ4v) is 8.73. The van der Waals surface area contributed by atoms with Crippen LogP contribution in [0.15, 0.2) is 100 Å². The molecule has 3 heterocycles. The molecule has 4 aromatic rings. The number of piperidine rings is 1. The number of fused-ring (bicyclic) bond motifs is 3. The van der Waals surface area contributed by atoms with Crippen molar-refractivity contribution in [3.63, 3.8) is 0 Å². The van der Waals surface area contributed by atoms with E-state index in [-0.39, 0.29) is 69.4 Å². The number of hydrogen-bond donors (Lipinski definition) is 7. The summed E-state index contributed by atoms with van der Waals surface area (Å²) in [5, 5.41) is 36.3. The van der Waals surface area contributed by atoms with Crippen LogP contribution >= 0.6 is 12.2 Å². The average Bonchev–Trinajstić information content (AvgIpc) is 3.71. The number of carbonyl (C=O) groups excluding carboxylic acids is 3. The molecule has 4 aliphatic rings. The number of phenolic OH excluding ortho intramolecular Hbond substituents is 1. The predicted octanol–water partition coefficient (Wildman–Crippen LogP) is 6.56. The Bertz CT molecular complexity index is 2780. The molecule has 8 rings (SSSR count). The molecule has 1 saturated heterocycles. The summed E-state index contributed by atoms with van der Waals surface area (Å²) in [6.45, 7) is 2.08. The Kier molecular flexibility index (Phi) is 13.6. The number of aromatic carboxylic acids is 1. The van der Waals surface area contributed by atoms with Gasteiger partial charge in [0.15, 0.2) is 22.1 Å². The van der Waals surface area contributed by atoms with Gasteiger partial charge in [0, 0.05) is 85.4 Å². The fourth-order valence-electron chi connectivity index (χ4n) is 8.51. The number of carboxylic acids is 1. The standard InChI is InChI=1S/C48H48N8O8S/c57-33-10-13-36-39(25-33)64-40-26-34(58)11-14-37(40)42(36)38-24-31(9-12-35(38)46(61)62)54-47(65)51-17-5-1-2-8-41(59)52-27-28-15-20-56(21-16-28)48(63)55-44-43(49-18-19-50-44)45(60)53-32-22-29-6-3-4-7-30(29)23-32/h3-4,6-7,9-14,18-19,24-26,28,32,57H,1-2,5,8,15-17,20-23,27H2,(H,52,59)(H,53,60)(H,61,62)(H,50,55,63)(H2,51,54,65). The minimum absolute atomic E-state index is 0.0243. The topological polar surface area (TPSA) is 228 Å². The number of unbranched alkanes of at least 4 members (excludes halogenated alkanes) is 2. The lowest BCUT2D eigenvalue weighted by Crippen LogP contribution is -2.44. The molecule has 3 aromatic carbocycles. The molecule has 16 nitrogen and oxygen atoms in total. The van der Waals surface area contributed by atoms with Crippen LogP contribution in [0.1, 0.15) is 70.5 Å². The quantitative estimate of drug-likeness (QED) is 0.0350. The summed E-state index contributed by atoms with van der Waals surface area (Å²) in [6.07, 6.45) is 8.42. The van der Waals surface area contributed by atoms with Gasteiger partial charge in [-0.15, -0.1) is 0 Å². The van der Waals surface area contributed by atoms with Crippen LogP contribution in [0.25, 0.3) is 33.4 Å². The number of anilines is 2. The van der Waals surface area contributed by atoms with E-state index in [0.717, 1.165) is 38.5 Å². The first-order chi connectivity index (χ1) is 31.5. The second kappa shape index (κ2) is 20.0. The van der Waals surface area contributed by atoms with Gasteiger partial charge in [-0.25, -0.2) is 19.6 Å². The first kappa shape index (κ1) is 44.2. The van der Waals surface area contributed by atoms with E-state index in [0.29, 0.717) is 71.9 Å². The van der Waals surface area contributed by atoms with Gasteiger partial charge < -0.3 is 40.8 Å². The highest BCUT2D eigenvalue weighted by Gasteiger charge is 2.28. The Labute approximate surface area is 379 Å². The number of nitrogens with zero attached hydrogens (tertiary/aromatic N) is 3. The van der Waals surface area contributed by atoms with Gasteiger partial charge in [0.25, 0.3) is 5.91 Å². The molecule has 2 aliphatic carbocycles. The van der Waals surface area contributed by atoms with Gasteiger partial charge in [0.2, 0.25) is 5.91 Å². The molecule has 0 atom stereocenters. The smallest absolute Gasteiger partial charge is 0.336 e. The van der Waals surface area contributed by atoms with Gasteiger partial charge >= 0.3 is 12.0 Å². The molecule has 2 aliphatic heterocycles. The van der Waals surface area contributed by atoms with E-state index in [1.165, 1.54) is 53.9 Å². The number of carbonyl (C=O) groups is 4. The van der Waals surface area contributed by atoms with Crippen molar-refractivity contribution in [3.8, 4) is 28.2 Å². The Balaban J connectivity index is 0.741. The Morgan fingerprint density at radius 3 is 2.37 bits per heavy atom.